The van der Waals surface area contributed by atoms with Crippen molar-refractivity contribution in [1.82, 2.24) is 14.4 Å². The highest BCUT2D eigenvalue weighted by Gasteiger charge is 2.33. The molecule has 3 heterocycles. The van der Waals surface area contributed by atoms with E-state index < -0.39 is 5.97 Å². The topological polar surface area (TPSA) is 110 Å². The maximum absolute atomic E-state index is 13.4. The number of thiocarbonyl (C=S) groups is 1. The van der Waals surface area contributed by atoms with Gasteiger partial charge in [0.05, 0.1) is 4.91 Å². The van der Waals surface area contributed by atoms with Gasteiger partial charge in [0.1, 0.15) is 21.8 Å². The zero-order valence-corrected chi connectivity index (χ0v) is 25.1. The van der Waals surface area contributed by atoms with Crippen LogP contribution in [0.15, 0.2) is 40.0 Å². The van der Waals surface area contributed by atoms with Gasteiger partial charge in [-0.05, 0) is 43.9 Å². The highest BCUT2D eigenvalue weighted by Crippen LogP contribution is 2.36. The van der Waals surface area contributed by atoms with Crippen LogP contribution in [0.2, 0.25) is 0 Å². The van der Waals surface area contributed by atoms with Gasteiger partial charge in [0, 0.05) is 57.8 Å². The summed E-state index contributed by atoms with van der Waals surface area (Å²) in [5.41, 5.74) is 2.27. The fourth-order valence-corrected chi connectivity index (χ4v) is 6.57. The molecular weight excluding hydrogens is 558 g/mol. The number of thioether (sulfide) groups is 1. The average molecular weight is 594 g/mol. The number of nitriles is 1. The molecule has 0 atom stereocenters. The lowest BCUT2D eigenvalue weighted by molar-refractivity contribution is -0.137. The van der Waals surface area contributed by atoms with Crippen molar-refractivity contribution in [2.24, 2.45) is 0 Å². The van der Waals surface area contributed by atoms with Gasteiger partial charge in [0.15, 0.2) is 0 Å². The second kappa shape index (κ2) is 13.9. The third-order valence-electron chi connectivity index (χ3n) is 7.50. The van der Waals surface area contributed by atoms with E-state index in [1.165, 1.54) is 17.3 Å². The summed E-state index contributed by atoms with van der Waals surface area (Å²) in [6.07, 6.45) is 3.79. The van der Waals surface area contributed by atoms with E-state index in [4.69, 9.17) is 17.3 Å². The number of anilines is 1. The molecular formula is C30H35N5O4S2. The van der Waals surface area contributed by atoms with Crippen molar-refractivity contribution in [3.8, 4) is 6.07 Å². The SMILES string of the molecule is CCn1c(N2CCN(Cc3ccccc3)CC2)c(/C=C2/SC(=S)N(CCCCCC(=O)O)C2=O)c(C)c(C#N)c1=O. The number of piperazine rings is 1. The van der Waals surface area contributed by atoms with Crippen LogP contribution < -0.4 is 10.5 Å². The largest absolute Gasteiger partial charge is 0.481 e. The number of rotatable bonds is 11. The number of carbonyl (C=O) groups is 2. The van der Waals surface area contributed by atoms with E-state index in [0.717, 1.165) is 25.5 Å². The molecule has 216 valence electrons. The Bertz CT molecular complexity index is 1440. The van der Waals surface area contributed by atoms with Crippen LogP contribution in [0.3, 0.4) is 0 Å². The first-order valence-corrected chi connectivity index (χ1v) is 15.1. The van der Waals surface area contributed by atoms with Gasteiger partial charge >= 0.3 is 5.97 Å². The van der Waals surface area contributed by atoms with E-state index in [0.29, 0.717) is 65.8 Å². The second-order valence-corrected chi connectivity index (χ2v) is 11.9. The average Bonchev–Trinajstić information content (AvgIpc) is 3.22. The lowest BCUT2D eigenvalue weighted by atomic mass is 10.0. The van der Waals surface area contributed by atoms with E-state index in [1.54, 1.807) is 22.5 Å². The molecule has 2 aliphatic heterocycles. The fraction of sp³-hybridized carbons (Fsp3) is 0.433. The minimum atomic E-state index is -0.826. The summed E-state index contributed by atoms with van der Waals surface area (Å²) in [6, 6.07) is 12.4. The van der Waals surface area contributed by atoms with Gasteiger partial charge in [-0.25, -0.2) is 0 Å². The summed E-state index contributed by atoms with van der Waals surface area (Å²) >= 11 is 6.74. The Hall–Kier alpha value is -3.46. The Morgan fingerprint density at radius 1 is 1.12 bits per heavy atom. The van der Waals surface area contributed by atoms with Crippen molar-refractivity contribution in [1.29, 1.82) is 5.26 Å². The van der Waals surface area contributed by atoms with E-state index in [1.807, 2.05) is 25.1 Å². The molecule has 0 saturated carbocycles. The zero-order valence-electron chi connectivity index (χ0n) is 23.5. The summed E-state index contributed by atoms with van der Waals surface area (Å²) in [6.45, 7) is 8.37. The van der Waals surface area contributed by atoms with Crippen molar-refractivity contribution in [3.63, 3.8) is 0 Å². The van der Waals surface area contributed by atoms with Gasteiger partial charge in [-0.3, -0.25) is 28.8 Å². The number of unbranched alkanes of at least 4 members (excludes halogenated alkanes) is 2. The van der Waals surface area contributed by atoms with Gasteiger partial charge in [-0.2, -0.15) is 5.26 Å². The van der Waals surface area contributed by atoms with E-state index in [2.05, 4.69) is 28.0 Å². The zero-order chi connectivity index (χ0) is 29.5. The van der Waals surface area contributed by atoms with Gasteiger partial charge in [0.25, 0.3) is 11.5 Å². The number of pyridine rings is 1. The van der Waals surface area contributed by atoms with E-state index in [-0.39, 0.29) is 23.5 Å². The highest BCUT2D eigenvalue weighted by atomic mass is 32.2. The van der Waals surface area contributed by atoms with Crippen LogP contribution in [0.5, 0.6) is 0 Å². The van der Waals surface area contributed by atoms with Crippen LogP contribution >= 0.6 is 24.0 Å². The molecule has 0 aliphatic carbocycles. The molecule has 2 aliphatic rings. The van der Waals surface area contributed by atoms with Crippen molar-refractivity contribution in [3.05, 3.63) is 67.8 Å². The third-order valence-corrected chi connectivity index (χ3v) is 8.88. The minimum absolute atomic E-state index is 0.0819. The molecule has 9 nitrogen and oxygen atoms in total. The molecule has 41 heavy (non-hydrogen) atoms. The van der Waals surface area contributed by atoms with Crippen LogP contribution in [-0.4, -0.2) is 68.4 Å². The summed E-state index contributed by atoms with van der Waals surface area (Å²) in [7, 11) is 0. The first kappa shape index (κ1) is 30.5. The number of amides is 1. The van der Waals surface area contributed by atoms with Crippen LogP contribution in [-0.2, 0) is 22.7 Å². The number of carboxylic acid groups (broad SMARTS) is 1. The Morgan fingerprint density at radius 2 is 1.83 bits per heavy atom. The standard InChI is InChI=1S/C30H35N5O4S2/c1-3-34-27(33-16-14-32(15-17-33)20-22-10-6-4-7-11-22)23(21(2)24(19-31)28(34)38)18-25-29(39)35(30(40)41-25)13-9-5-8-12-26(36)37/h4,6-7,10-11,18H,3,5,8-9,12-17,20H2,1-2H3,(H,36,37)/b25-18+. The van der Waals surface area contributed by atoms with Crippen molar-refractivity contribution in [2.45, 2.75) is 52.6 Å². The third kappa shape index (κ3) is 7.07. The van der Waals surface area contributed by atoms with Gasteiger partial charge in [-0.15, -0.1) is 0 Å². The quantitative estimate of drug-likeness (QED) is 0.233. The molecule has 1 amide bonds. The molecule has 1 aromatic carbocycles. The first-order chi connectivity index (χ1) is 19.7. The number of carboxylic acids is 1. The van der Waals surface area contributed by atoms with Crippen LogP contribution in [0, 0.1) is 18.3 Å². The summed E-state index contributed by atoms with van der Waals surface area (Å²) < 4.78 is 2.10. The van der Waals surface area contributed by atoms with E-state index >= 15 is 0 Å². The maximum atomic E-state index is 13.4. The highest BCUT2D eigenvalue weighted by molar-refractivity contribution is 8.26. The Morgan fingerprint density at radius 3 is 2.46 bits per heavy atom. The molecule has 11 heteroatoms. The summed E-state index contributed by atoms with van der Waals surface area (Å²) in [4.78, 5) is 44.1. The first-order valence-electron chi connectivity index (χ1n) is 13.9. The van der Waals surface area contributed by atoms with Gasteiger partial charge < -0.3 is 10.0 Å². The van der Waals surface area contributed by atoms with Gasteiger partial charge in [-0.1, -0.05) is 60.7 Å². The Labute approximate surface area is 250 Å². The number of hydrogen-bond acceptors (Lipinski definition) is 8. The molecule has 0 radical (unpaired) electrons. The smallest absolute Gasteiger partial charge is 0.303 e. The van der Waals surface area contributed by atoms with Crippen molar-refractivity contribution in [2.75, 3.05) is 37.6 Å². The maximum Gasteiger partial charge on any atom is 0.303 e. The normalized spacial score (nSPS) is 17.0. The monoisotopic (exact) mass is 593 g/mol. The predicted molar refractivity (Wildman–Crippen MR) is 166 cm³/mol. The summed E-state index contributed by atoms with van der Waals surface area (Å²) in [5.74, 6) is -0.302. The summed E-state index contributed by atoms with van der Waals surface area (Å²) in [5, 5.41) is 18.7. The number of hydrogen-bond donors (Lipinski definition) is 1. The van der Waals surface area contributed by atoms with Gasteiger partial charge in [0.2, 0.25) is 0 Å². The number of carbonyl (C=O) groups excluding carboxylic acids is 1. The van der Waals surface area contributed by atoms with E-state index in [9.17, 15) is 19.6 Å². The molecule has 0 unspecified atom stereocenters. The molecule has 4 rings (SSSR count). The molecule has 1 N–H and O–H groups in total. The number of aromatic nitrogens is 1. The predicted octanol–water partition coefficient (Wildman–Crippen LogP) is 4.22. The molecule has 0 bridgehead atoms. The van der Waals surface area contributed by atoms with Crippen LogP contribution in [0.25, 0.3) is 6.08 Å². The van der Waals surface area contributed by atoms with Crippen LogP contribution in [0.1, 0.15) is 54.9 Å². The molecule has 0 spiro atoms. The minimum Gasteiger partial charge on any atom is -0.481 e. The van der Waals surface area contributed by atoms with Crippen molar-refractivity contribution >= 4 is 52.1 Å². The molecule has 2 saturated heterocycles. The van der Waals surface area contributed by atoms with Crippen molar-refractivity contribution < 1.29 is 14.7 Å². The van der Waals surface area contributed by atoms with Crippen LogP contribution in [0.4, 0.5) is 5.82 Å². The molecule has 1 aromatic heterocycles. The lowest BCUT2D eigenvalue weighted by Gasteiger charge is -2.38. The number of benzene rings is 1. The molecule has 2 fully saturated rings. The fourth-order valence-electron chi connectivity index (χ4n) is 5.28. The number of aliphatic carboxylic acids is 1. The number of nitrogens with zero attached hydrogens (tertiary/aromatic N) is 5. The Balaban J connectivity index is 1.60. The Kier molecular flexibility index (Phi) is 10.4. The lowest BCUT2D eigenvalue weighted by Crippen LogP contribution is -2.48. The molecule has 2 aromatic rings. The second-order valence-electron chi connectivity index (χ2n) is 10.2.